The smallest absolute Gasteiger partial charge is 0.202 e. The van der Waals surface area contributed by atoms with E-state index in [1.807, 2.05) is 12.1 Å². The number of thioether (sulfide) groups is 1. The van der Waals surface area contributed by atoms with Crippen LogP contribution in [0.25, 0.3) is 17.2 Å². The highest BCUT2D eigenvalue weighted by molar-refractivity contribution is 8.00. The molecule has 3 aromatic heterocycles. The first-order valence-corrected chi connectivity index (χ1v) is 9.38. The van der Waals surface area contributed by atoms with Crippen molar-refractivity contribution < 1.29 is 13.3 Å². The third-order valence-corrected chi connectivity index (χ3v) is 5.67. The summed E-state index contributed by atoms with van der Waals surface area (Å²) in [5.74, 6) is 1.53. The van der Waals surface area contributed by atoms with Crippen LogP contribution in [0.4, 0.5) is 4.39 Å². The fourth-order valence-electron chi connectivity index (χ4n) is 2.11. The van der Waals surface area contributed by atoms with E-state index in [-0.39, 0.29) is 5.82 Å². The number of rotatable bonds is 5. The monoisotopic (exact) mass is 391 g/mol. The summed E-state index contributed by atoms with van der Waals surface area (Å²) in [4.78, 5) is 0. The Morgan fingerprint density at radius 3 is 2.80 bits per heavy atom. The summed E-state index contributed by atoms with van der Waals surface area (Å²) in [5.41, 5.74) is 1.52. The molecule has 0 atom stereocenters. The Morgan fingerprint density at radius 2 is 2.04 bits per heavy atom. The van der Waals surface area contributed by atoms with Crippen LogP contribution in [-0.4, -0.2) is 14.9 Å². The van der Waals surface area contributed by atoms with E-state index < -0.39 is 0 Å². The third-order valence-electron chi connectivity index (χ3n) is 3.27. The molecule has 0 aliphatic carbocycles. The van der Waals surface area contributed by atoms with Crippen molar-refractivity contribution in [1.29, 1.82) is 0 Å². The highest BCUT2D eigenvalue weighted by atomic mass is 32.2. The van der Waals surface area contributed by atoms with E-state index in [0.29, 0.717) is 21.2 Å². The standard InChI is InChI=1S/C16H10FN3O2S3/c17-10-3-5-12(6-4-10)20-16(23)25-15(18-20)24-9-11-8-14(22-19-11)13-2-1-7-21-13/h1-8H,9H2. The summed E-state index contributed by atoms with van der Waals surface area (Å²) < 4.78 is 26.6. The van der Waals surface area contributed by atoms with Crippen LogP contribution in [0.1, 0.15) is 5.69 Å². The number of benzene rings is 1. The fraction of sp³-hybridized carbons (Fsp3) is 0.0625. The van der Waals surface area contributed by atoms with Gasteiger partial charge in [0, 0.05) is 11.8 Å². The Kier molecular flexibility index (Phi) is 4.51. The van der Waals surface area contributed by atoms with Crippen LogP contribution in [0.15, 0.2) is 62.0 Å². The Balaban J connectivity index is 1.48. The van der Waals surface area contributed by atoms with E-state index in [2.05, 4.69) is 10.3 Å². The maximum absolute atomic E-state index is 13.0. The van der Waals surface area contributed by atoms with E-state index >= 15 is 0 Å². The average molecular weight is 391 g/mol. The van der Waals surface area contributed by atoms with Gasteiger partial charge >= 0.3 is 0 Å². The van der Waals surface area contributed by atoms with Gasteiger partial charge in [-0.25, -0.2) is 9.07 Å². The van der Waals surface area contributed by atoms with Gasteiger partial charge in [-0.1, -0.05) is 28.3 Å². The Bertz CT molecular complexity index is 1040. The Hall–Kier alpha value is -2.23. The SMILES string of the molecule is Fc1ccc(-n2nc(SCc3cc(-c4ccco4)on3)sc2=S)cc1. The Labute approximate surface area is 155 Å². The van der Waals surface area contributed by atoms with Gasteiger partial charge in [0.25, 0.3) is 0 Å². The van der Waals surface area contributed by atoms with Crippen molar-refractivity contribution in [3.63, 3.8) is 0 Å². The molecule has 0 spiro atoms. The second-order valence-corrected chi connectivity index (χ2v) is 7.82. The van der Waals surface area contributed by atoms with E-state index in [9.17, 15) is 4.39 Å². The highest BCUT2D eigenvalue weighted by Gasteiger charge is 2.11. The molecule has 4 rings (SSSR count). The zero-order valence-corrected chi connectivity index (χ0v) is 15.0. The molecule has 5 nitrogen and oxygen atoms in total. The minimum absolute atomic E-state index is 0.293. The third kappa shape index (κ3) is 3.58. The number of halogens is 1. The highest BCUT2D eigenvalue weighted by Crippen LogP contribution is 2.28. The molecule has 25 heavy (non-hydrogen) atoms. The van der Waals surface area contributed by atoms with Gasteiger partial charge in [-0.2, -0.15) is 0 Å². The van der Waals surface area contributed by atoms with Gasteiger partial charge in [0.05, 0.1) is 17.6 Å². The second kappa shape index (κ2) is 6.95. The first kappa shape index (κ1) is 16.2. The minimum atomic E-state index is -0.293. The van der Waals surface area contributed by atoms with Crippen LogP contribution in [0.2, 0.25) is 0 Å². The van der Waals surface area contributed by atoms with E-state index in [4.69, 9.17) is 21.2 Å². The van der Waals surface area contributed by atoms with Gasteiger partial charge in [0.15, 0.2) is 14.1 Å². The molecule has 0 bridgehead atoms. The van der Waals surface area contributed by atoms with Crippen molar-refractivity contribution >= 4 is 35.3 Å². The van der Waals surface area contributed by atoms with Crippen molar-refractivity contribution in [3.05, 3.63) is 64.2 Å². The summed E-state index contributed by atoms with van der Waals surface area (Å²) in [6.45, 7) is 0. The molecule has 126 valence electrons. The maximum Gasteiger partial charge on any atom is 0.202 e. The van der Waals surface area contributed by atoms with Gasteiger partial charge < -0.3 is 8.94 Å². The van der Waals surface area contributed by atoms with Crippen LogP contribution in [0.3, 0.4) is 0 Å². The fourth-order valence-corrected chi connectivity index (χ4v) is 4.36. The van der Waals surface area contributed by atoms with E-state index in [1.54, 1.807) is 29.1 Å². The number of nitrogens with zero attached hydrogens (tertiary/aromatic N) is 3. The summed E-state index contributed by atoms with van der Waals surface area (Å²) in [6.07, 6.45) is 1.58. The summed E-state index contributed by atoms with van der Waals surface area (Å²) in [6, 6.07) is 11.5. The summed E-state index contributed by atoms with van der Waals surface area (Å²) >= 11 is 8.25. The number of furan rings is 1. The molecule has 0 radical (unpaired) electrons. The molecule has 0 aliphatic heterocycles. The number of hydrogen-bond acceptors (Lipinski definition) is 7. The minimum Gasteiger partial charge on any atom is -0.461 e. The first-order valence-electron chi connectivity index (χ1n) is 7.17. The first-order chi connectivity index (χ1) is 12.2. The maximum atomic E-state index is 13.0. The van der Waals surface area contributed by atoms with Crippen LogP contribution in [0, 0.1) is 9.77 Å². The van der Waals surface area contributed by atoms with Gasteiger partial charge in [0.1, 0.15) is 5.82 Å². The van der Waals surface area contributed by atoms with Crippen LogP contribution in [-0.2, 0) is 5.75 Å². The van der Waals surface area contributed by atoms with Crippen LogP contribution in [0.5, 0.6) is 0 Å². The molecule has 0 unspecified atom stereocenters. The zero-order valence-electron chi connectivity index (χ0n) is 12.6. The second-order valence-electron chi connectivity index (χ2n) is 4.97. The predicted molar refractivity (Wildman–Crippen MR) is 96.0 cm³/mol. The van der Waals surface area contributed by atoms with Crippen molar-refractivity contribution in [3.8, 4) is 17.2 Å². The largest absolute Gasteiger partial charge is 0.461 e. The van der Waals surface area contributed by atoms with E-state index in [1.165, 1.54) is 35.2 Å². The average Bonchev–Trinajstić information content (AvgIpc) is 3.34. The van der Waals surface area contributed by atoms with Crippen LogP contribution >= 0.6 is 35.3 Å². The molecule has 0 aliphatic rings. The normalized spacial score (nSPS) is 11.1. The zero-order chi connectivity index (χ0) is 17.2. The van der Waals surface area contributed by atoms with E-state index in [0.717, 1.165) is 15.7 Å². The van der Waals surface area contributed by atoms with Crippen LogP contribution < -0.4 is 0 Å². The molecule has 0 fully saturated rings. The lowest BCUT2D eigenvalue weighted by molar-refractivity contribution is 0.413. The molecule has 0 amide bonds. The molecule has 1 aromatic carbocycles. The predicted octanol–water partition coefficient (Wildman–Crippen LogP) is 5.34. The van der Waals surface area contributed by atoms with Crippen molar-refractivity contribution in [2.45, 2.75) is 10.1 Å². The summed E-state index contributed by atoms with van der Waals surface area (Å²) in [5, 5.41) is 8.51. The van der Waals surface area contributed by atoms with Gasteiger partial charge in [-0.05, 0) is 48.6 Å². The molecule has 4 aromatic rings. The lowest BCUT2D eigenvalue weighted by Gasteiger charge is -1.99. The number of aromatic nitrogens is 3. The molecular weight excluding hydrogens is 381 g/mol. The number of hydrogen-bond donors (Lipinski definition) is 0. The molecule has 0 saturated heterocycles. The molecular formula is C16H10FN3O2S3. The molecule has 9 heteroatoms. The van der Waals surface area contributed by atoms with Crippen molar-refractivity contribution in [2.75, 3.05) is 0 Å². The molecule has 3 heterocycles. The topological polar surface area (TPSA) is 57.0 Å². The van der Waals surface area contributed by atoms with Gasteiger partial charge in [-0.3, -0.25) is 0 Å². The Morgan fingerprint density at radius 1 is 1.20 bits per heavy atom. The quantitative estimate of drug-likeness (QED) is 0.338. The molecule has 0 N–H and O–H groups in total. The molecule has 0 saturated carbocycles. The van der Waals surface area contributed by atoms with Gasteiger partial charge in [0.2, 0.25) is 5.76 Å². The van der Waals surface area contributed by atoms with Crippen molar-refractivity contribution in [2.24, 2.45) is 0 Å². The summed E-state index contributed by atoms with van der Waals surface area (Å²) in [7, 11) is 0. The van der Waals surface area contributed by atoms with Gasteiger partial charge in [-0.15, -0.1) is 5.10 Å². The lowest BCUT2D eigenvalue weighted by atomic mass is 10.3. The lowest BCUT2D eigenvalue weighted by Crippen LogP contribution is -1.96. The van der Waals surface area contributed by atoms with Crippen molar-refractivity contribution in [1.82, 2.24) is 14.9 Å².